The number of carbonyl (C=O) groups excluding carboxylic acids is 1. The summed E-state index contributed by atoms with van der Waals surface area (Å²) in [6.07, 6.45) is 2.10. The highest BCUT2D eigenvalue weighted by atomic mass is 35.5. The van der Waals surface area contributed by atoms with Gasteiger partial charge in [0.15, 0.2) is 0 Å². The van der Waals surface area contributed by atoms with Gasteiger partial charge in [-0.25, -0.2) is 18.4 Å². The molecule has 1 aromatic heterocycles. The van der Waals surface area contributed by atoms with Crippen LogP contribution in [0.2, 0.25) is 5.28 Å². The second-order valence-corrected chi connectivity index (χ2v) is 5.99. The van der Waals surface area contributed by atoms with Crippen molar-refractivity contribution in [1.82, 2.24) is 14.7 Å². The number of sulfonamides is 1. The highest BCUT2D eigenvalue weighted by Crippen LogP contribution is 2.11. The Hall–Kier alpha value is -1.25. The third-order valence-corrected chi connectivity index (χ3v) is 3.75. The van der Waals surface area contributed by atoms with Crippen LogP contribution in [-0.4, -0.2) is 30.3 Å². The predicted molar refractivity (Wildman–Crippen MR) is 65.2 cm³/mol. The molecule has 100 valence electrons. The molecule has 1 atom stereocenters. The molecule has 0 saturated heterocycles. The summed E-state index contributed by atoms with van der Waals surface area (Å²) >= 11 is 5.46. The monoisotopic (exact) mass is 292 g/mol. The number of hydrogen-bond acceptors (Lipinski definition) is 5. The van der Waals surface area contributed by atoms with E-state index in [-0.39, 0.29) is 16.1 Å². The Bertz CT molecular complexity index is 529. The van der Waals surface area contributed by atoms with Gasteiger partial charge in [0.05, 0.1) is 12.4 Å². The van der Waals surface area contributed by atoms with Gasteiger partial charge in [-0.1, -0.05) is 13.8 Å². The Morgan fingerprint density at radius 3 is 2.28 bits per heavy atom. The third kappa shape index (κ3) is 3.62. The molecule has 9 heteroatoms. The molecule has 0 bridgehead atoms. The van der Waals surface area contributed by atoms with E-state index in [9.17, 15) is 13.2 Å². The first-order valence-electron chi connectivity index (χ1n) is 5.03. The number of rotatable bonds is 5. The lowest BCUT2D eigenvalue weighted by Gasteiger charge is -2.18. The molecule has 1 rings (SSSR count). The van der Waals surface area contributed by atoms with Crippen LogP contribution in [-0.2, 0) is 14.8 Å². The molecule has 0 aliphatic heterocycles. The van der Waals surface area contributed by atoms with Crippen molar-refractivity contribution in [1.29, 1.82) is 0 Å². The minimum absolute atomic E-state index is 0.0655. The van der Waals surface area contributed by atoms with Crippen molar-refractivity contribution in [2.24, 2.45) is 11.7 Å². The molecule has 0 fully saturated rings. The summed E-state index contributed by atoms with van der Waals surface area (Å²) < 4.78 is 26.0. The normalized spacial score (nSPS) is 13.6. The van der Waals surface area contributed by atoms with Crippen LogP contribution in [0.3, 0.4) is 0 Å². The van der Waals surface area contributed by atoms with Gasteiger partial charge in [-0.2, -0.15) is 4.72 Å². The number of primary amides is 1. The quantitative estimate of drug-likeness (QED) is 0.736. The van der Waals surface area contributed by atoms with Gasteiger partial charge in [-0.15, -0.1) is 0 Å². The van der Waals surface area contributed by atoms with E-state index < -0.39 is 22.0 Å². The fraction of sp³-hybridized carbons (Fsp3) is 0.444. The van der Waals surface area contributed by atoms with E-state index in [0.29, 0.717) is 0 Å². The molecule has 3 N–H and O–H groups in total. The minimum atomic E-state index is -3.90. The number of nitrogens with zero attached hydrogens (tertiary/aromatic N) is 2. The maximum Gasteiger partial charge on any atom is 0.244 e. The van der Waals surface area contributed by atoms with Crippen molar-refractivity contribution in [3.8, 4) is 0 Å². The predicted octanol–water partition coefficient (Wildman–Crippen LogP) is -0.0818. The van der Waals surface area contributed by atoms with Gasteiger partial charge < -0.3 is 5.73 Å². The fourth-order valence-corrected chi connectivity index (χ4v) is 2.54. The highest BCUT2D eigenvalue weighted by Gasteiger charge is 2.26. The average molecular weight is 293 g/mol. The number of nitrogens with two attached hydrogens (primary N) is 1. The maximum atomic E-state index is 11.9. The van der Waals surface area contributed by atoms with Gasteiger partial charge in [0.1, 0.15) is 10.9 Å². The minimum Gasteiger partial charge on any atom is -0.368 e. The molecule has 0 spiro atoms. The van der Waals surface area contributed by atoms with Crippen LogP contribution in [0.5, 0.6) is 0 Å². The van der Waals surface area contributed by atoms with Crippen molar-refractivity contribution in [3.63, 3.8) is 0 Å². The van der Waals surface area contributed by atoms with E-state index in [1.54, 1.807) is 13.8 Å². The van der Waals surface area contributed by atoms with Crippen molar-refractivity contribution in [2.45, 2.75) is 24.8 Å². The van der Waals surface area contributed by atoms with Crippen LogP contribution in [0.4, 0.5) is 0 Å². The lowest BCUT2D eigenvalue weighted by Crippen LogP contribution is -2.47. The second-order valence-electron chi connectivity index (χ2n) is 3.93. The molecule has 1 amide bonds. The Morgan fingerprint density at radius 1 is 1.39 bits per heavy atom. The first-order chi connectivity index (χ1) is 8.24. The zero-order valence-electron chi connectivity index (χ0n) is 9.79. The molecule has 0 aliphatic carbocycles. The van der Waals surface area contributed by atoms with Crippen molar-refractivity contribution in [2.75, 3.05) is 0 Å². The van der Waals surface area contributed by atoms with Crippen molar-refractivity contribution >= 4 is 27.5 Å². The molecule has 1 aromatic rings. The molecule has 1 heterocycles. The summed E-state index contributed by atoms with van der Waals surface area (Å²) in [5.74, 6) is -1.02. The zero-order chi connectivity index (χ0) is 13.9. The highest BCUT2D eigenvalue weighted by molar-refractivity contribution is 7.89. The van der Waals surface area contributed by atoms with Crippen molar-refractivity contribution < 1.29 is 13.2 Å². The molecule has 1 unspecified atom stereocenters. The molecule has 7 nitrogen and oxygen atoms in total. The molecule has 18 heavy (non-hydrogen) atoms. The van der Waals surface area contributed by atoms with Crippen LogP contribution in [0, 0.1) is 5.92 Å². The Kier molecular flexibility index (Phi) is 4.60. The van der Waals surface area contributed by atoms with Gasteiger partial charge in [0.25, 0.3) is 0 Å². The summed E-state index contributed by atoms with van der Waals surface area (Å²) in [5.41, 5.74) is 5.13. The van der Waals surface area contributed by atoms with Gasteiger partial charge >= 0.3 is 0 Å². The van der Waals surface area contributed by atoms with Crippen LogP contribution < -0.4 is 10.5 Å². The van der Waals surface area contributed by atoms with E-state index in [1.807, 2.05) is 0 Å². The van der Waals surface area contributed by atoms with E-state index in [4.69, 9.17) is 17.3 Å². The smallest absolute Gasteiger partial charge is 0.244 e. The Labute approximate surface area is 110 Å². The second kappa shape index (κ2) is 5.59. The molecular formula is C9H13ClN4O3S. The first-order valence-corrected chi connectivity index (χ1v) is 6.89. The topological polar surface area (TPSA) is 115 Å². The third-order valence-electron chi connectivity index (χ3n) is 2.16. The SMILES string of the molecule is CC(C)C(NS(=O)(=O)c1cnc(Cl)nc1)C(N)=O. The number of nitrogens with one attached hydrogen (secondary N) is 1. The summed E-state index contributed by atoms with van der Waals surface area (Å²) in [7, 11) is -3.90. The van der Waals surface area contributed by atoms with E-state index in [0.717, 1.165) is 12.4 Å². The summed E-state index contributed by atoms with van der Waals surface area (Å²) in [4.78, 5) is 18.1. The largest absolute Gasteiger partial charge is 0.368 e. The molecule has 0 saturated carbocycles. The number of aromatic nitrogens is 2. The van der Waals surface area contributed by atoms with Crippen LogP contribution >= 0.6 is 11.6 Å². The Balaban J connectivity index is 3.01. The van der Waals surface area contributed by atoms with Gasteiger partial charge in [0, 0.05) is 0 Å². The summed E-state index contributed by atoms with van der Waals surface area (Å²) in [5, 5.41) is -0.0655. The van der Waals surface area contributed by atoms with Crippen LogP contribution in [0.1, 0.15) is 13.8 Å². The van der Waals surface area contributed by atoms with Gasteiger partial charge in [-0.05, 0) is 17.5 Å². The first kappa shape index (κ1) is 14.8. The lowest BCUT2D eigenvalue weighted by atomic mass is 10.1. The zero-order valence-corrected chi connectivity index (χ0v) is 11.4. The van der Waals surface area contributed by atoms with E-state index in [1.165, 1.54) is 0 Å². The number of halogens is 1. The summed E-state index contributed by atoms with van der Waals surface area (Å²) in [6.45, 7) is 3.35. The molecular weight excluding hydrogens is 280 g/mol. The van der Waals surface area contributed by atoms with Crippen LogP contribution in [0.15, 0.2) is 17.3 Å². The molecule has 0 radical (unpaired) electrons. The maximum absolute atomic E-state index is 11.9. The number of carbonyl (C=O) groups is 1. The van der Waals surface area contributed by atoms with Gasteiger partial charge in [-0.3, -0.25) is 4.79 Å². The summed E-state index contributed by atoms with van der Waals surface area (Å²) in [6, 6.07) is -0.995. The number of hydrogen-bond donors (Lipinski definition) is 2. The number of amides is 1. The standard InChI is InChI=1S/C9H13ClN4O3S/c1-5(2)7(8(11)15)14-18(16,17)6-3-12-9(10)13-4-6/h3-5,7,14H,1-2H3,(H2,11,15). The van der Waals surface area contributed by atoms with Gasteiger partial charge in [0.2, 0.25) is 21.2 Å². The Morgan fingerprint density at radius 2 is 1.89 bits per heavy atom. The van der Waals surface area contributed by atoms with Crippen LogP contribution in [0.25, 0.3) is 0 Å². The van der Waals surface area contributed by atoms with Crippen molar-refractivity contribution in [3.05, 3.63) is 17.7 Å². The van der Waals surface area contributed by atoms with E-state index in [2.05, 4.69) is 14.7 Å². The lowest BCUT2D eigenvalue weighted by molar-refractivity contribution is -0.120. The molecule has 0 aromatic carbocycles. The molecule has 0 aliphatic rings. The average Bonchev–Trinajstić information content (AvgIpc) is 2.26. The fourth-order valence-electron chi connectivity index (χ4n) is 1.20. The van der Waals surface area contributed by atoms with E-state index >= 15 is 0 Å².